The van der Waals surface area contributed by atoms with Gasteiger partial charge >= 0.3 is 18.1 Å². The van der Waals surface area contributed by atoms with Gasteiger partial charge in [-0.05, 0) is 19.4 Å². The summed E-state index contributed by atoms with van der Waals surface area (Å²) in [5, 5.41) is 8.92. The minimum Gasteiger partial charge on any atom is -0.481 e. The molecule has 0 radical (unpaired) electrons. The molecular weight excluding hydrogens is 239 g/mol. The van der Waals surface area contributed by atoms with E-state index in [4.69, 9.17) is 5.11 Å². The first-order valence-corrected chi connectivity index (χ1v) is 4.86. The van der Waals surface area contributed by atoms with E-state index >= 15 is 0 Å². The number of hydrogen-bond acceptors (Lipinski definition) is 2. The van der Waals surface area contributed by atoms with E-state index in [9.17, 15) is 22.8 Å². The topological polar surface area (TPSA) is 57.6 Å². The van der Waals surface area contributed by atoms with Crippen molar-refractivity contribution in [1.82, 2.24) is 4.90 Å². The molecule has 0 unspecified atom stereocenters. The summed E-state index contributed by atoms with van der Waals surface area (Å²) in [5.41, 5.74) is -0.955. The van der Waals surface area contributed by atoms with Crippen molar-refractivity contribution in [3.05, 3.63) is 11.6 Å². The maximum Gasteiger partial charge on any atom is 0.471 e. The standard InChI is InChI=1S/C10H12F3NO3/c1-9(2,8(16)17)6-3-4-14(5-6)7(15)10(11,12)13/h3H,4-5H2,1-2H3,(H,16,17). The maximum absolute atomic E-state index is 12.2. The van der Waals surface area contributed by atoms with Crippen LogP contribution in [0.4, 0.5) is 13.2 Å². The van der Waals surface area contributed by atoms with Crippen molar-refractivity contribution in [1.29, 1.82) is 0 Å². The van der Waals surface area contributed by atoms with E-state index < -0.39 is 23.5 Å². The molecule has 0 atom stereocenters. The van der Waals surface area contributed by atoms with Gasteiger partial charge in [-0.25, -0.2) is 0 Å². The minimum absolute atomic E-state index is 0.204. The van der Waals surface area contributed by atoms with E-state index in [-0.39, 0.29) is 13.1 Å². The summed E-state index contributed by atoms with van der Waals surface area (Å²) in [7, 11) is 0. The van der Waals surface area contributed by atoms with Gasteiger partial charge in [-0.2, -0.15) is 13.2 Å². The van der Waals surface area contributed by atoms with Crippen LogP contribution < -0.4 is 0 Å². The Labute approximate surface area is 95.7 Å². The molecule has 1 N–H and O–H groups in total. The van der Waals surface area contributed by atoms with Crippen LogP contribution in [0, 0.1) is 5.41 Å². The van der Waals surface area contributed by atoms with E-state index in [0.29, 0.717) is 10.5 Å². The number of nitrogens with zero attached hydrogens (tertiary/aromatic N) is 1. The summed E-state index contributed by atoms with van der Waals surface area (Å²) in [6, 6.07) is 0. The fourth-order valence-electron chi connectivity index (χ4n) is 1.48. The average Bonchev–Trinajstić information content (AvgIpc) is 2.63. The quantitative estimate of drug-likeness (QED) is 0.755. The molecule has 0 bridgehead atoms. The van der Waals surface area contributed by atoms with E-state index in [0.717, 1.165) is 0 Å². The number of carbonyl (C=O) groups excluding carboxylic acids is 1. The summed E-state index contributed by atoms with van der Waals surface area (Å²) in [6.45, 7) is 2.29. The Morgan fingerprint density at radius 1 is 1.35 bits per heavy atom. The number of alkyl halides is 3. The molecule has 1 heterocycles. The first kappa shape index (κ1) is 13.5. The number of rotatable bonds is 2. The van der Waals surface area contributed by atoms with Gasteiger partial charge in [0.1, 0.15) is 0 Å². The molecule has 1 amide bonds. The Morgan fingerprint density at radius 2 is 1.88 bits per heavy atom. The highest BCUT2D eigenvalue weighted by Crippen LogP contribution is 2.31. The lowest BCUT2D eigenvalue weighted by atomic mass is 9.85. The lowest BCUT2D eigenvalue weighted by Crippen LogP contribution is -2.41. The molecule has 17 heavy (non-hydrogen) atoms. The third-order valence-corrected chi connectivity index (χ3v) is 2.79. The zero-order valence-electron chi connectivity index (χ0n) is 9.34. The van der Waals surface area contributed by atoms with Crippen LogP contribution in [0.15, 0.2) is 11.6 Å². The van der Waals surface area contributed by atoms with Crippen LogP contribution in [0.1, 0.15) is 13.8 Å². The molecule has 0 fully saturated rings. The second kappa shape index (κ2) is 4.05. The van der Waals surface area contributed by atoms with Crippen LogP contribution in [0.25, 0.3) is 0 Å². The van der Waals surface area contributed by atoms with Gasteiger partial charge < -0.3 is 10.0 Å². The second-order valence-electron chi connectivity index (χ2n) is 4.34. The highest BCUT2D eigenvalue weighted by atomic mass is 19.4. The lowest BCUT2D eigenvalue weighted by molar-refractivity contribution is -0.184. The van der Waals surface area contributed by atoms with Crippen LogP contribution >= 0.6 is 0 Å². The Hall–Kier alpha value is -1.53. The number of hydrogen-bond donors (Lipinski definition) is 1. The van der Waals surface area contributed by atoms with Gasteiger partial charge in [0.25, 0.3) is 0 Å². The van der Waals surface area contributed by atoms with Crippen LogP contribution in [0.3, 0.4) is 0 Å². The summed E-state index contributed by atoms with van der Waals surface area (Å²) in [4.78, 5) is 22.4. The first-order chi connectivity index (χ1) is 7.56. The number of amides is 1. The van der Waals surface area contributed by atoms with Crippen LogP contribution in [-0.2, 0) is 9.59 Å². The Morgan fingerprint density at radius 3 is 2.29 bits per heavy atom. The fourth-order valence-corrected chi connectivity index (χ4v) is 1.48. The van der Waals surface area contributed by atoms with Crippen molar-refractivity contribution >= 4 is 11.9 Å². The Kier molecular flexibility index (Phi) is 3.22. The highest BCUT2D eigenvalue weighted by Gasteiger charge is 2.45. The molecule has 1 rings (SSSR count). The van der Waals surface area contributed by atoms with Crippen LogP contribution in [0.5, 0.6) is 0 Å². The number of aliphatic carboxylic acids is 1. The molecule has 1 aliphatic heterocycles. The van der Waals surface area contributed by atoms with Crippen molar-refractivity contribution in [2.45, 2.75) is 20.0 Å². The molecule has 7 heteroatoms. The fraction of sp³-hybridized carbons (Fsp3) is 0.600. The first-order valence-electron chi connectivity index (χ1n) is 4.86. The SMILES string of the molecule is CC(C)(C(=O)O)C1=CCN(C(=O)C(F)(F)F)C1. The van der Waals surface area contributed by atoms with Crippen molar-refractivity contribution < 1.29 is 27.9 Å². The molecule has 1 aliphatic rings. The zero-order chi connectivity index (χ0) is 13.4. The normalized spacial score (nSPS) is 17.0. The summed E-state index contributed by atoms with van der Waals surface area (Å²) < 4.78 is 36.5. The number of carboxylic acids is 1. The molecule has 0 aromatic rings. The van der Waals surface area contributed by atoms with Gasteiger partial charge in [0.2, 0.25) is 0 Å². The molecule has 0 saturated heterocycles. The Bertz CT molecular complexity index is 385. The van der Waals surface area contributed by atoms with Gasteiger partial charge in [-0.1, -0.05) is 6.08 Å². The molecule has 0 aromatic carbocycles. The van der Waals surface area contributed by atoms with Crippen molar-refractivity contribution in [3.63, 3.8) is 0 Å². The average molecular weight is 251 g/mol. The van der Waals surface area contributed by atoms with Crippen LogP contribution in [0.2, 0.25) is 0 Å². The van der Waals surface area contributed by atoms with E-state index in [1.165, 1.54) is 19.9 Å². The van der Waals surface area contributed by atoms with E-state index in [2.05, 4.69) is 0 Å². The molecule has 96 valence electrons. The third-order valence-electron chi connectivity index (χ3n) is 2.79. The summed E-state index contributed by atoms with van der Waals surface area (Å²) in [6.07, 6.45) is -3.56. The third kappa shape index (κ3) is 2.59. The molecule has 4 nitrogen and oxygen atoms in total. The predicted octanol–water partition coefficient (Wildman–Crippen LogP) is 1.43. The monoisotopic (exact) mass is 251 g/mol. The van der Waals surface area contributed by atoms with E-state index in [1.807, 2.05) is 0 Å². The molecule has 0 spiro atoms. The highest BCUT2D eigenvalue weighted by molar-refractivity contribution is 5.84. The van der Waals surface area contributed by atoms with Crippen molar-refractivity contribution in [2.24, 2.45) is 5.41 Å². The number of halogens is 3. The van der Waals surface area contributed by atoms with Gasteiger partial charge in [0.15, 0.2) is 0 Å². The summed E-state index contributed by atoms with van der Waals surface area (Å²) >= 11 is 0. The smallest absolute Gasteiger partial charge is 0.471 e. The molecular formula is C10H12F3NO3. The minimum atomic E-state index is -4.92. The molecule has 0 aliphatic carbocycles. The van der Waals surface area contributed by atoms with Crippen molar-refractivity contribution in [2.75, 3.05) is 13.1 Å². The van der Waals surface area contributed by atoms with E-state index in [1.54, 1.807) is 0 Å². The lowest BCUT2D eigenvalue weighted by Gasteiger charge is -2.23. The number of carbonyl (C=O) groups is 2. The van der Waals surface area contributed by atoms with Crippen LogP contribution in [-0.4, -0.2) is 41.1 Å². The predicted molar refractivity (Wildman–Crippen MR) is 52.1 cm³/mol. The zero-order valence-corrected chi connectivity index (χ0v) is 9.34. The van der Waals surface area contributed by atoms with Gasteiger partial charge in [0, 0.05) is 13.1 Å². The molecule has 0 saturated carbocycles. The molecule has 0 aromatic heterocycles. The van der Waals surface area contributed by atoms with Gasteiger partial charge in [-0.15, -0.1) is 0 Å². The number of carboxylic acid groups (broad SMARTS) is 1. The Balaban J connectivity index is 2.77. The summed E-state index contributed by atoms with van der Waals surface area (Å²) in [5.74, 6) is -3.07. The van der Waals surface area contributed by atoms with Crippen molar-refractivity contribution in [3.8, 4) is 0 Å². The second-order valence-corrected chi connectivity index (χ2v) is 4.34. The largest absolute Gasteiger partial charge is 0.481 e. The van der Waals surface area contributed by atoms with Gasteiger partial charge in [-0.3, -0.25) is 9.59 Å². The maximum atomic E-state index is 12.2. The van der Waals surface area contributed by atoms with Gasteiger partial charge in [0.05, 0.1) is 5.41 Å².